The van der Waals surface area contributed by atoms with Crippen molar-refractivity contribution in [3.63, 3.8) is 0 Å². The highest BCUT2D eigenvalue weighted by Crippen LogP contribution is 2.27. The number of pyridine rings is 1. The lowest BCUT2D eigenvalue weighted by atomic mass is 10.3. The molecule has 106 valence electrons. The normalized spacial score (nSPS) is 10.7. The zero-order valence-electron chi connectivity index (χ0n) is 10.7. The van der Waals surface area contributed by atoms with Gasteiger partial charge in [-0.05, 0) is 23.6 Å². The quantitative estimate of drug-likeness (QED) is 0.721. The highest BCUT2D eigenvalue weighted by atomic mass is 32.2. The lowest BCUT2D eigenvalue weighted by molar-refractivity contribution is 0.0692. The zero-order chi connectivity index (χ0) is 14.7. The minimum atomic E-state index is -0.981. The first-order valence-corrected chi connectivity index (χ1v) is 7.90. The van der Waals surface area contributed by atoms with Gasteiger partial charge >= 0.3 is 5.97 Å². The molecule has 0 unspecified atom stereocenters. The molecule has 7 heteroatoms. The lowest BCUT2D eigenvalue weighted by Crippen LogP contribution is -2.00. The number of carboxylic acids is 1. The molecule has 0 radical (unpaired) electrons. The van der Waals surface area contributed by atoms with Crippen LogP contribution in [-0.2, 0) is 5.75 Å². The minimum Gasteiger partial charge on any atom is -0.478 e. The topological polar surface area (TPSA) is 76.2 Å². The van der Waals surface area contributed by atoms with E-state index in [0.29, 0.717) is 16.7 Å². The molecule has 3 aromatic heterocycles. The highest BCUT2D eigenvalue weighted by Gasteiger charge is 2.13. The van der Waals surface area contributed by atoms with Crippen molar-refractivity contribution in [1.82, 2.24) is 9.97 Å². The molecular formula is C14H10N2O3S2. The second kappa shape index (κ2) is 6.11. The molecule has 1 N–H and O–H groups in total. The summed E-state index contributed by atoms with van der Waals surface area (Å²) >= 11 is 2.89. The van der Waals surface area contributed by atoms with E-state index in [1.807, 2.05) is 17.5 Å². The molecule has 0 aromatic carbocycles. The number of hydrogen-bond acceptors (Lipinski definition) is 6. The van der Waals surface area contributed by atoms with Crippen LogP contribution >= 0.6 is 23.1 Å². The fourth-order valence-electron chi connectivity index (χ4n) is 1.70. The second-order valence-corrected chi connectivity index (χ2v) is 5.98. The predicted molar refractivity (Wildman–Crippen MR) is 80.6 cm³/mol. The first kappa shape index (κ1) is 13.8. The smallest absolute Gasteiger partial charge is 0.338 e. The standard InChI is InChI=1S/C14H10N2O3S2/c17-14(18)10-3-1-5-15-13(10)21-8-9-7-19-12(16-9)11-4-2-6-20-11/h1-7H,8H2,(H,17,18). The van der Waals surface area contributed by atoms with Crippen LogP contribution in [0.4, 0.5) is 0 Å². The number of hydrogen-bond donors (Lipinski definition) is 1. The van der Waals surface area contributed by atoms with E-state index in [4.69, 9.17) is 9.52 Å². The van der Waals surface area contributed by atoms with Crippen LogP contribution in [0.2, 0.25) is 0 Å². The molecule has 3 heterocycles. The van der Waals surface area contributed by atoms with Crippen LogP contribution in [0.1, 0.15) is 16.1 Å². The second-order valence-electron chi connectivity index (χ2n) is 4.07. The van der Waals surface area contributed by atoms with Crippen LogP contribution in [0.15, 0.2) is 51.5 Å². The average molecular weight is 318 g/mol. The van der Waals surface area contributed by atoms with Gasteiger partial charge in [-0.3, -0.25) is 0 Å². The Balaban J connectivity index is 1.73. The Morgan fingerprint density at radius 1 is 1.38 bits per heavy atom. The first-order chi connectivity index (χ1) is 10.2. The van der Waals surface area contributed by atoms with Gasteiger partial charge in [0.05, 0.1) is 16.1 Å². The number of thiophene rings is 1. The summed E-state index contributed by atoms with van der Waals surface area (Å²) in [6.45, 7) is 0. The first-order valence-electron chi connectivity index (χ1n) is 6.03. The summed E-state index contributed by atoms with van der Waals surface area (Å²) in [6.07, 6.45) is 3.17. The van der Waals surface area contributed by atoms with Gasteiger partial charge in [0.15, 0.2) is 0 Å². The third kappa shape index (κ3) is 3.14. The Hall–Kier alpha value is -2.12. The molecular weight excluding hydrogens is 308 g/mol. The lowest BCUT2D eigenvalue weighted by Gasteiger charge is -2.02. The van der Waals surface area contributed by atoms with Crippen molar-refractivity contribution >= 4 is 29.1 Å². The molecule has 0 atom stereocenters. The molecule has 21 heavy (non-hydrogen) atoms. The third-order valence-corrected chi connectivity index (χ3v) is 4.54. The number of aromatic carboxylic acids is 1. The summed E-state index contributed by atoms with van der Waals surface area (Å²) in [5.74, 6) is 0.108. The van der Waals surface area contributed by atoms with Gasteiger partial charge in [-0.25, -0.2) is 14.8 Å². The maximum atomic E-state index is 11.1. The van der Waals surface area contributed by atoms with Crippen LogP contribution in [0.3, 0.4) is 0 Å². The fourth-order valence-corrected chi connectivity index (χ4v) is 3.22. The van der Waals surface area contributed by atoms with Gasteiger partial charge in [0, 0.05) is 11.9 Å². The Bertz CT molecular complexity index is 753. The summed E-state index contributed by atoms with van der Waals surface area (Å²) in [4.78, 5) is 20.6. The van der Waals surface area contributed by atoms with Crippen molar-refractivity contribution in [3.05, 3.63) is 53.4 Å². The molecule has 0 aliphatic carbocycles. The van der Waals surface area contributed by atoms with Gasteiger partial charge in [0.1, 0.15) is 11.3 Å². The van der Waals surface area contributed by atoms with Crippen molar-refractivity contribution in [3.8, 4) is 10.8 Å². The highest BCUT2D eigenvalue weighted by molar-refractivity contribution is 7.98. The van der Waals surface area contributed by atoms with Gasteiger partial charge in [-0.1, -0.05) is 17.8 Å². The van der Waals surface area contributed by atoms with Crippen molar-refractivity contribution in [1.29, 1.82) is 0 Å². The van der Waals surface area contributed by atoms with Crippen molar-refractivity contribution in [2.75, 3.05) is 0 Å². The average Bonchev–Trinajstić information content (AvgIpc) is 3.16. The third-order valence-electron chi connectivity index (χ3n) is 2.64. The molecule has 0 spiro atoms. The van der Waals surface area contributed by atoms with Crippen LogP contribution in [-0.4, -0.2) is 21.0 Å². The van der Waals surface area contributed by atoms with E-state index in [-0.39, 0.29) is 5.56 Å². The molecule has 0 amide bonds. The Labute approximate surface area is 128 Å². The van der Waals surface area contributed by atoms with Crippen LogP contribution in [0.25, 0.3) is 10.8 Å². The van der Waals surface area contributed by atoms with Crippen LogP contribution in [0.5, 0.6) is 0 Å². The monoisotopic (exact) mass is 318 g/mol. The van der Waals surface area contributed by atoms with E-state index in [0.717, 1.165) is 10.6 Å². The summed E-state index contributed by atoms with van der Waals surface area (Å²) in [5, 5.41) is 11.5. The van der Waals surface area contributed by atoms with Gasteiger partial charge < -0.3 is 9.52 Å². The van der Waals surface area contributed by atoms with Gasteiger partial charge in [0.25, 0.3) is 0 Å². The SMILES string of the molecule is O=C(O)c1cccnc1SCc1coc(-c2cccs2)n1. The number of carbonyl (C=O) groups is 1. The summed E-state index contributed by atoms with van der Waals surface area (Å²) < 4.78 is 5.42. The van der Waals surface area contributed by atoms with Crippen molar-refractivity contribution in [2.24, 2.45) is 0 Å². The summed E-state index contributed by atoms with van der Waals surface area (Å²) in [6, 6.07) is 7.02. The van der Waals surface area contributed by atoms with E-state index < -0.39 is 5.97 Å². The van der Waals surface area contributed by atoms with Crippen molar-refractivity contribution < 1.29 is 14.3 Å². The molecule has 0 saturated heterocycles. The molecule has 0 bridgehead atoms. The maximum Gasteiger partial charge on any atom is 0.338 e. The van der Waals surface area contributed by atoms with Crippen LogP contribution in [0, 0.1) is 0 Å². The number of rotatable bonds is 5. The maximum absolute atomic E-state index is 11.1. The molecule has 3 aromatic rings. The van der Waals surface area contributed by atoms with Crippen molar-refractivity contribution in [2.45, 2.75) is 10.8 Å². The minimum absolute atomic E-state index is 0.199. The summed E-state index contributed by atoms with van der Waals surface area (Å²) in [7, 11) is 0. The number of aromatic nitrogens is 2. The van der Waals surface area contributed by atoms with E-state index in [9.17, 15) is 4.79 Å². The molecule has 0 saturated carbocycles. The number of oxazole rings is 1. The molecule has 5 nitrogen and oxygen atoms in total. The Kier molecular flexibility index (Phi) is 4.03. The summed E-state index contributed by atoms with van der Waals surface area (Å²) in [5.41, 5.74) is 0.954. The Morgan fingerprint density at radius 3 is 3.05 bits per heavy atom. The Morgan fingerprint density at radius 2 is 2.29 bits per heavy atom. The van der Waals surface area contributed by atoms with E-state index in [2.05, 4.69) is 9.97 Å². The van der Waals surface area contributed by atoms with E-state index >= 15 is 0 Å². The van der Waals surface area contributed by atoms with Gasteiger partial charge in [0.2, 0.25) is 5.89 Å². The van der Waals surface area contributed by atoms with Gasteiger partial charge in [-0.15, -0.1) is 11.3 Å². The number of nitrogens with zero attached hydrogens (tertiary/aromatic N) is 2. The van der Waals surface area contributed by atoms with E-state index in [1.54, 1.807) is 29.9 Å². The molecule has 0 aliphatic rings. The zero-order valence-corrected chi connectivity index (χ0v) is 12.4. The number of carboxylic acid groups (broad SMARTS) is 1. The number of thioether (sulfide) groups is 1. The molecule has 0 aliphatic heterocycles. The largest absolute Gasteiger partial charge is 0.478 e. The van der Waals surface area contributed by atoms with Gasteiger partial charge in [-0.2, -0.15) is 0 Å². The fraction of sp³-hybridized carbons (Fsp3) is 0.0714. The van der Waals surface area contributed by atoms with E-state index in [1.165, 1.54) is 17.8 Å². The molecule has 3 rings (SSSR count). The molecule has 0 fully saturated rings. The predicted octanol–water partition coefficient (Wildman–Crippen LogP) is 3.79. The van der Waals surface area contributed by atoms with Crippen LogP contribution < -0.4 is 0 Å².